The van der Waals surface area contributed by atoms with Gasteiger partial charge in [-0.15, -0.1) is 22.7 Å². The van der Waals surface area contributed by atoms with Crippen molar-refractivity contribution in [2.75, 3.05) is 0 Å². The van der Waals surface area contributed by atoms with Crippen LogP contribution < -0.4 is 10.4 Å². The van der Waals surface area contributed by atoms with Crippen LogP contribution in [0, 0.1) is 0 Å². The smallest absolute Gasteiger partial charge is 0.116 e. The van der Waals surface area contributed by atoms with Crippen LogP contribution in [0.3, 0.4) is 0 Å². The van der Waals surface area contributed by atoms with Crippen molar-refractivity contribution in [1.82, 2.24) is 8.75 Å². The zero-order valence-corrected chi connectivity index (χ0v) is 15.5. The Morgan fingerprint density at radius 1 is 1.00 bits per heavy atom. The van der Waals surface area contributed by atoms with Gasteiger partial charge in [0.05, 0.1) is 11.7 Å². The molecule has 0 fully saturated rings. The van der Waals surface area contributed by atoms with Gasteiger partial charge in [0, 0.05) is 20.2 Å². The minimum Gasteiger partial charge on any atom is -0.173 e. The number of thiophene rings is 2. The van der Waals surface area contributed by atoms with E-state index in [2.05, 4.69) is 51.5 Å². The molecule has 6 heteroatoms. The standard InChI is InChI=1S/C16H12N2S3Si/c1-22(2)12-6-7-19-15(12)16-13(22)8-11(20-16)9-4-3-5-10-14(9)18-21-17-10/h3-8H,1-2H3. The summed E-state index contributed by atoms with van der Waals surface area (Å²) in [5, 5.41) is 5.45. The van der Waals surface area contributed by atoms with E-state index in [-0.39, 0.29) is 0 Å². The number of hydrogen-bond acceptors (Lipinski definition) is 5. The number of fused-ring (bicyclic) bond motifs is 4. The van der Waals surface area contributed by atoms with E-state index in [9.17, 15) is 0 Å². The van der Waals surface area contributed by atoms with Gasteiger partial charge in [-0.25, -0.2) is 0 Å². The summed E-state index contributed by atoms with van der Waals surface area (Å²) in [7, 11) is -1.51. The molecule has 0 unspecified atom stereocenters. The number of hydrogen-bond donors (Lipinski definition) is 0. The van der Waals surface area contributed by atoms with Crippen molar-refractivity contribution in [2.45, 2.75) is 13.1 Å². The summed E-state index contributed by atoms with van der Waals surface area (Å²) in [4.78, 5) is 4.34. The average molecular weight is 357 g/mol. The number of nitrogens with zero attached hydrogens (tertiary/aromatic N) is 2. The lowest BCUT2D eigenvalue weighted by Gasteiger charge is -2.15. The highest BCUT2D eigenvalue weighted by Crippen LogP contribution is 2.42. The molecule has 22 heavy (non-hydrogen) atoms. The Morgan fingerprint density at radius 2 is 1.91 bits per heavy atom. The first-order valence-corrected chi connectivity index (χ1v) is 12.5. The van der Waals surface area contributed by atoms with Gasteiger partial charge >= 0.3 is 0 Å². The maximum atomic E-state index is 4.50. The van der Waals surface area contributed by atoms with Crippen molar-refractivity contribution in [3.63, 3.8) is 0 Å². The van der Waals surface area contributed by atoms with Gasteiger partial charge < -0.3 is 0 Å². The van der Waals surface area contributed by atoms with Crippen LogP contribution in [0.4, 0.5) is 0 Å². The molecule has 0 bridgehead atoms. The highest BCUT2D eigenvalue weighted by Gasteiger charge is 2.40. The highest BCUT2D eigenvalue weighted by molar-refractivity contribution is 7.29. The fourth-order valence-electron chi connectivity index (χ4n) is 3.28. The third-order valence-corrected chi connectivity index (χ3v) is 11.2. The lowest BCUT2D eigenvalue weighted by molar-refractivity contribution is 1.64. The lowest BCUT2D eigenvalue weighted by atomic mass is 10.1. The summed E-state index contributed by atoms with van der Waals surface area (Å²) in [6.45, 7) is 4.93. The summed E-state index contributed by atoms with van der Waals surface area (Å²) >= 11 is 5.11. The Kier molecular flexibility index (Phi) is 2.60. The van der Waals surface area contributed by atoms with Gasteiger partial charge in [0.1, 0.15) is 19.1 Å². The Bertz CT molecular complexity index is 1030. The van der Waals surface area contributed by atoms with E-state index in [1.54, 1.807) is 10.4 Å². The van der Waals surface area contributed by atoms with Crippen LogP contribution >= 0.6 is 34.4 Å². The summed E-state index contributed by atoms with van der Waals surface area (Å²) in [6, 6.07) is 11.1. The normalized spacial score (nSPS) is 15.2. The fourth-order valence-corrected chi connectivity index (χ4v) is 10.8. The van der Waals surface area contributed by atoms with Crippen LogP contribution in [0.25, 0.3) is 31.2 Å². The second-order valence-corrected chi connectivity index (χ2v) is 12.9. The first-order chi connectivity index (χ1) is 10.7. The van der Waals surface area contributed by atoms with Gasteiger partial charge in [0.2, 0.25) is 0 Å². The molecule has 1 aliphatic heterocycles. The van der Waals surface area contributed by atoms with Gasteiger partial charge in [-0.05, 0) is 27.9 Å². The molecule has 0 saturated heterocycles. The predicted octanol–water partition coefficient (Wildman–Crippen LogP) is 4.28. The molecule has 0 atom stereocenters. The second kappa shape index (κ2) is 4.35. The first-order valence-electron chi connectivity index (χ1n) is 7.10. The molecule has 0 saturated carbocycles. The summed E-state index contributed by atoms with van der Waals surface area (Å²) < 4.78 is 8.87. The number of rotatable bonds is 1. The van der Waals surface area contributed by atoms with Crippen molar-refractivity contribution in [1.29, 1.82) is 0 Å². The number of aromatic nitrogens is 2. The molecule has 0 N–H and O–H groups in total. The maximum absolute atomic E-state index is 4.50. The van der Waals surface area contributed by atoms with Crippen molar-refractivity contribution in [3.8, 4) is 20.2 Å². The largest absolute Gasteiger partial charge is 0.173 e. The van der Waals surface area contributed by atoms with Gasteiger partial charge in [-0.3, -0.25) is 0 Å². The number of benzene rings is 1. The minimum atomic E-state index is -1.51. The predicted molar refractivity (Wildman–Crippen MR) is 101 cm³/mol. The maximum Gasteiger partial charge on any atom is 0.116 e. The average Bonchev–Trinajstić information content (AvgIpc) is 3.24. The quantitative estimate of drug-likeness (QED) is 0.476. The third kappa shape index (κ3) is 1.58. The van der Waals surface area contributed by atoms with Crippen molar-refractivity contribution in [3.05, 3.63) is 35.7 Å². The highest BCUT2D eigenvalue weighted by atomic mass is 32.1. The van der Waals surface area contributed by atoms with Crippen LogP contribution in [0.15, 0.2) is 35.7 Å². The SMILES string of the molecule is C[Si]1(C)c2ccsc2-c2sc(-c3cccc4nsnc34)cc21. The van der Waals surface area contributed by atoms with Gasteiger partial charge in [-0.1, -0.05) is 31.3 Å². The lowest BCUT2D eigenvalue weighted by Crippen LogP contribution is -2.48. The van der Waals surface area contributed by atoms with E-state index < -0.39 is 8.07 Å². The van der Waals surface area contributed by atoms with Crippen molar-refractivity contribution < 1.29 is 0 Å². The molecule has 4 aromatic rings. The van der Waals surface area contributed by atoms with E-state index in [4.69, 9.17) is 0 Å². The Morgan fingerprint density at radius 3 is 2.82 bits per heavy atom. The zero-order valence-electron chi connectivity index (χ0n) is 12.1. The molecule has 4 heterocycles. The van der Waals surface area contributed by atoms with Crippen LogP contribution in [0.2, 0.25) is 13.1 Å². The molecule has 108 valence electrons. The van der Waals surface area contributed by atoms with Crippen LogP contribution in [-0.2, 0) is 0 Å². The van der Waals surface area contributed by atoms with Crippen molar-refractivity contribution in [2.24, 2.45) is 0 Å². The molecule has 1 aliphatic rings. The molecular weight excluding hydrogens is 344 g/mol. The van der Waals surface area contributed by atoms with Crippen LogP contribution in [0.1, 0.15) is 0 Å². The van der Waals surface area contributed by atoms with E-state index in [0.717, 1.165) is 11.0 Å². The Labute approximate surface area is 141 Å². The van der Waals surface area contributed by atoms with E-state index in [0.29, 0.717) is 0 Å². The molecule has 3 aromatic heterocycles. The Balaban J connectivity index is 1.78. The molecule has 5 rings (SSSR count). The van der Waals surface area contributed by atoms with E-state index in [1.807, 2.05) is 28.7 Å². The molecule has 0 radical (unpaired) electrons. The topological polar surface area (TPSA) is 25.8 Å². The molecular formula is C16H12N2S3Si. The summed E-state index contributed by atoms with van der Waals surface area (Å²) in [5.41, 5.74) is 3.27. The van der Waals surface area contributed by atoms with Crippen molar-refractivity contribution >= 4 is 63.9 Å². The van der Waals surface area contributed by atoms with E-state index >= 15 is 0 Å². The monoisotopic (exact) mass is 356 g/mol. The molecule has 0 spiro atoms. The summed E-state index contributed by atoms with van der Waals surface area (Å²) in [6.07, 6.45) is 0. The minimum absolute atomic E-state index is 1.00. The zero-order chi connectivity index (χ0) is 14.9. The third-order valence-electron chi connectivity index (χ3n) is 4.50. The van der Waals surface area contributed by atoms with Gasteiger partial charge in [0.15, 0.2) is 0 Å². The van der Waals surface area contributed by atoms with Gasteiger partial charge in [-0.2, -0.15) is 8.75 Å². The van der Waals surface area contributed by atoms with Crippen LogP contribution in [0.5, 0.6) is 0 Å². The van der Waals surface area contributed by atoms with Gasteiger partial charge in [0.25, 0.3) is 0 Å². The molecule has 0 amide bonds. The summed E-state index contributed by atoms with van der Waals surface area (Å²) in [5.74, 6) is 0. The fraction of sp³-hybridized carbons (Fsp3) is 0.125. The molecule has 1 aromatic carbocycles. The van der Waals surface area contributed by atoms with E-state index in [1.165, 1.54) is 31.9 Å². The second-order valence-electron chi connectivity index (χ2n) is 6.08. The Hall–Kier alpha value is -1.34. The molecule has 2 nitrogen and oxygen atoms in total. The first kappa shape index (κ1) is 13.1. The molecule has 0 aliphatic carbocycles. The van der Waals surface area contributed by atoms with Crippen LogP contribution in [-0.4, -0.2) is 16.8 Å².